The van der Waals surface area contributed by atoms with Gasteiger partial charge in [0.2, 0.25) is 5.91 Å². The summed E-state index contributed by atoms with van der Waals surface area (Å²) in [5, 5.41) is 14.0. The molecular formula is C22H34N2O7Si. The highest BCUT2D eigenvalue weighted by Gasteiger charge is 2.48. The second-order valence-corrected chi connectivity index (χ2v) is 14.7. The molecule has 1 N–H and O–H groups in total. The van der Waals surface area contributed by atoms with E-state index in [1.165, 1.54) is 18.2 Å². The van der Waals surface area contributed by atoms with Crippen molar-refractivity contribution in [1.29, 1.82) is 0 Å². The number of carbonyl (C=O) groups is 2. The van der Waals surface area contributed by atoms with E-state index in [-0.39, 0.29) is 40.8 Å². The van der Waals surface area contributed by atoms with Gasteiger partial charge in [0.1, 0.15) is 12.7 Å². The minimum absolute atomic E-state index is 0.0425. The third kappa shape index (κ3) is 6.07. The third-order valence-corrected chi connectivity index (χ3v) is 10.9. The largest absolute Gasteiger partial charge is 0.508 e. The van der Waals surface area contributed by atoms with Crippen LogP contribution in [0.4, 0.5) is 10.5 Å². The number of nitrogens with one attached hydrogen (secondary N) is 1. The number of rotatable bonds is 9. The summed E-state index contributed by atoms with van der Waals surface area (Å²) in [5.41, 5.74) is 0.125. The van der Waals surface area contributed by atoms with Gasteiger partial charge in [0, 0.05) is 18.7 Å². The number of amides is 1. The topological polar surface area (TPSA) is 117 Å². The Hall–Kier alpha value is -2.46. The first-order valence-electron chi connectivity index (χ1n) is 10.7. The van der Waals surface area contributed by atoms with E-state index in [4.69, 9.17) is 13.9 Å². The van der Waals surface area contributed by atoms with Crippen LogP contribution >= 0.6 is 0 Å². The predicted octanol–water partition coefficient (Wildman–Crippen LogP) is 4.41. The quantitative estimate of drug-likeness (QED) is 0.188. The lowest BCUT2D eigenvalue weighted by Crippen LogP contribution is -2.65. The fourth-order valence-electron chi connectivity index (χ4n) is 3.29. The number of nitrogens with zero attached hydrogens (tertiary/aromatic N) is 1. The van der Waals surface area contributed by atoms with Crippen LogP contribution in [0.5, 0.6) is 0 Å². The van der Waals surface area contributed by atoms with Crippen molar-refractivity contribution >= 4 is 26.1 Å². The van der Waals surface area contributed by atoms with Crippen molar-refractivity contribution in [1.82, 2.24) is 5.32 Å². The van der Waals surface area contributed by atoms with E-state index in [0.717, 1.165) is 0 Å². The summed E-state index contributed by atoms with van der Waals surface area (Å²) >= 11 is 0. The van der Waals surface area contributed by atoms with Crippen molar-refractivity contribution in [2.75, 3.05) is 6.61 Å². The molecule has 0 unspecified atom stereocenters. The smallest absolute Gasteiger partial charge is 0.430 e. The summed E-state index contributed by atoms with van der Waals surface area (Å²) in [5.74, 6) is -0.652. The summed E-state index contributed by atoms with van der Waals surface area (Å²) in [6.07, 6.45) is -1.68. The fraction of sp³-hybridized carbons (Fsp3) is 0.636. The molecule has 178 valence electrons. The van der Waals surface area contributed by atoms with Crippen LogP contribution < -0.4 is 5.32 Å². The number of carbonyl (C=O) groups excluding carboxylic acids is 2. The third-order valence-electron chi connectivity index (χ3n) is 6.45. The average Bonchev–Trinajstić information content (AvgIpc) is 2.67. The zero-order chi connectivity index (χ0) is 24.3. The lowest BCUT2D eigenvalue weighted by atomic mass is 9.79. The van der Waals surface area contributed by atoms with Gasteiger partial charge < -0.3 is 19.2 Å². The van der Waals surface area contributed by atoms with Crippen LogP contribution in [0.25, 0.3) is 0 Å². The molecule has 1 aliphatic rings. The minimum Gasteiger partial charge on any atom is -0.430 e. The molecule has 1 fully saturated rings. The van der Waals surface area contributed by atoms with Gasteiger partial charge in [0.15, 0.2) is 8.32 Å². The Morgan fingerprint density at radius 1 is 1.25 bits per heavy atom. The molecule has 2 rings (SSSR count). The van der Waals surface area contributed by atoms with E-state index in [2.05, 4.69) is 39.2 Å². The van der Waals surface area contributed by atoms with Gasteiger partial charge in [-0.3, -0.25) is 14.9 Å². The van der Waals surface area contributed by atoms with Crippen molar-refractivity contribution in [3.8, 4) is 0 Å². The monoisotopic (exact) mass is 466 g/mol. The maximum Gasteiger partial charge on any atom is 0.508 e. The number of para-hydroxylation sites is 1. The molecule has 0 radical (unpaired) electrons. The van der Waals surface area contributed by atoms with Gasteiger partial charge >= 0.3 is 6.16 Å². The summed E-state index contributed by atoms with van der Waals surface area (Å²) in [6, 6.07) is 5.83. The lowest BCUT2D eigenvalue weighted by molar-refractivity contribution is -0.385. The van der Waals surface area contributed by atoms with E-state index < -0.39 is 31.4 Å². The number of β-lactam (4-membered cyclic amide) rings is 1. The zero-order valence-electron chi connectivity index (χ0n) is 19.8. The van der Waals surface area contributed by atoms with Crippen LogP contribution in [-0.4, -0.2) is 44.1 Å². The number of hydrogen-bond donors (Lipinski definition) is 1. The molecule has 1 heterocycles. The van der Waals surface area contributed by atoms with E-state index in [1.54, 1.807) is 13.0 Å². The summed E-state index contributed by atoms with van der Waals surface area (Å²) in [7, 11) is -1.92. The highest BCUT2D eigenvalue weighted by atomic mass is 28.4. The first-order chi connectivity index (χ1) is 14.7. The average molecular weight is 467 g/mol. The summed E-state index contributed by atoms with van der Waals surface area (Å²) in [6.45, 7) is 14.7. The van der Waals surface area contributed by atoms with E-state index in [0.29, 0.717) is 6.61 Å². The molecule has 1 aliphatic heterocycles. The molecule has 1 aromatic rings. The lowest BCUT2D eigenvalue weighted by Gasteiger charge is -2.44. The first-order valence-corrected chi connectivity index (χ1v) is 13.7. The van der Waals surface area contributed by atoms with E-state index >= 15 is 0 Å². The molecule has 0 aromatic heterocycles. The SMILES string of the molecule is C[C@H](CO[Si](C)(C)C(C)(C)C)[C@H]1NC(=O)[C@@H]1[C@@H](C)OC(=O)OCc1ccccc1[N+](=O)[O-]. The second kappa shape index (κ2) is 9.99. The molecule has 0 saturated carbocycles. The molecule has 32 heavy (non-hydrogen) atoms. The Bertz CT molecular complexity index is 853. The molecule has 1 saturated heterocycles. The molecule has 0 aliphatic carbocycles. The van der Waals surface area contributed by atoms with Gasteiger partial charge in [0.05, 0.1) is 16.4 Å². The van der Waals surface area contributed by atoms with Crippen molar-refractivity contribution < 1.29 is 28.4 Å². The molecular weight excluding hydrogens is 432 g/mol. The fourth-order valence-corrected chi connectivity index (χ4v) is 4.40. The van der Waals surface area contributed by atoms with E-state index in [9.17, 15) is 19.7 Å². The van der Waals surface area contributed by atoms with Crippen LogP contribution in [-0.2, 0) is 25.3 Å². The van der Waals surface area contributed by atoms with Crippen LogP contribution in [0, 0.1) is 22.0 Å². The minimum atomic E-state index is -1.92. The number of benzene rings is 1. The van der Waals surface area contributed by atoms with Gasteiger partial charge in [-0.05, 0) is 37.0 Å². The van der Waals surface area contributed by atoms with Gasteiger partial charge in [-0.15, -0.1) is 0 Å². The molecule has 0 bridgehead atoms. The van der Waals surface area contributed by atoms with Crippen molar-refractivity contribution in [2.24, 2.45) is 11.8 Å². The molecule has 1 aromatic carbocycles. The number of ether oxygens (including phenoxy) is 2. The van der Waals surface area contributed by atoms with Crippen LogP contribution in [0.15, 0.2) is 24.3 Å². The van der Waals surface area contributed by atoms with Crippen molar-refractivity contribution in [3.05, 3.63) is 39.9 Å². The Balaban J connectivity index is 1.90. The molecule has 10 heteroatoms. The van der Waals surface area contributed by atoms with Gasteiger partial charge in [-0.1, -0.05) is 39.8 Å². The molecule has 1 amide bonds. The van der Waals surface area contributed by atoms with Gasteiger partial charge in [-0.2, -0.15) is 0 Å². The molecule has 9 nitrogen and oxygen atoms in total. The van der Waals surface area contributed by atoms with Crippen LogP contribution in [0.1, 0.15) is 40.2 Å². The molecule has 0 spiro atoms. The Morgan fingerprint density at radius 3 is 2.44 bits per heavy atom. The van der Waals surface area contributed by atoms with Crippen LogP contribution in [0.3, 0.4) is 0 Å². The molecule has 4 atom stereocenters. The van der Waals surface area contributed by atoms with Crippen molar-refractivity contribution in [2.45, 2.75) is 71.5 Å². The number of nitro benzene ring substituents is 1. The number of hydrogen-bond acceptors (Lipinski definition) is 7. The Labute approximate surface area is 190 Å². The highest BCUT2D eigenvalue weighted by molar-refractivity contribution is 6.74. The Morgan fingerprint density at radius 2 is 1.88 bits per heavy atom. The first kappa shape index (κ1) is 25.8. The maximum atomic E-state index is 12.2. The summed E-state index contributed by atoms with van der Waals surface area (Å²) < 4.78 is 16.6. The van der Waals surface area contributed by atoms with Crippen molar-refractivity contribution in [3.63, 3.8) is 0 Å². The highest BCUT2D eigenvalue weighted by Crippen LogP contribution is 2.37. The number of nitro groups is 1. The maximum absolute atomic E-state index is 12.2. The Kier molecular flexibility index (Phi) is 8.05. The van der Waals surface area contributed by atoms with E-state index in [1.807, 2.05) is 6.92 Å². The van der Waals surface area contributed by atoms with Crippen LogP contribution in [0.2, 0.25) is 18.1 Å². The second-order valence-electron chi connectivity index (χ2n) is 9.86. The van der Waals surface area contributed by atoms with Gasteiger partial charge in [-0.25, -0.2) is 4.79 Å². The van der Waals surface area contributed by atoms with Gasteiger partial charge in [0.25, 0.3) is 5.69 Å². The normalized spacial score (nSPS) is 20.5. The summed E-state index contributed by atoms with van der Waals surface area (Å²) in [4.78, 5) is 34.8. The standard InChI is InChI=1S/C22H34N2O7Si/c1-14(12-30-32(6,7)22(3,4)5)19-18(20(25)23-19)15(2)31-21(26)29-13-16-10-8-9-11-17(16)24(27)28/h8-11,14-15,18-19H,12-13H2,1-7H3,(H,23,25)/t14-,15-,18-,19-/m1/s1. The predicted molar refractivity (Wildman–Crippen MR) is 122 cm³/mol. The zero-order valence-corrected chi connectivity index (χ0v) is 20.8.